The van der Waals surface area contributed by atoms with Gasteiger partial charge in [0, 0.05) is 12.8 Å². The summed E-state index contributed by atoms with van der Waals surface area (Å²) in [5.74, 6) is 0.835. The second-order valence-corrected chi connectivity index (χ2v) is 12.4. The maximum Gasteiger partial charge on any atom is 0.338 e. The molecule has 0 N–H and O–H groups in total. The smallest absolute Gasteiger partial charge is 0.338 e. The fourth-order valence-corrected chi connectivity index (χ4v) is 3.41. The highest BCUT2D eigenvalue weighted by molar-refractivity contribution is 6.74. The Hall–Kier alpha value is -1.55. The summed E-state index contributed by atoms with van der Waals surface area (Å²) in [4.78, 5) is 12.1. The molecular weight excluding hydrogens is 304 g/mol. The average molecular weight is 333 g/mol. The molecule has 0 fully saturated rings. The molecule has 1 aromatic carbocycles. The summed E-state index contributed by atoms with van der Waals surface area (Å²) in [6.45, 7) is 11.2. The molecule has 4 heteroatoms. The van der Waals surface area contributed by atoms with Crippen molar-refractivity contribution in [1.82, 2.24) is 0 Å². The molecule has 0 saturated heterocycles. The van der Waals surface area contributed by atoms with Gasteiger partial charge in [0.05, 0.1) is 11.3 Å². The molecule has 0 aromatic heterocycles. The van der Waals surface area contributed by atoms with Crippen molar-refractivity contribution in [1.29, 1.82) is 0 Å². The highest BCUT2D eigenvalue weighted by atomic mass is 28.4. The van der Waals surface area contributed by atoms with Crippen LogP contribution in [-0.4, -0.2) is 20.4 Å². The third-order valence-corrected chi connectivity index (χ3v) is 9.18. The van der Waals surface area contributed by atoms with Crippen LogP contribution < -0.4 is 0 Å². The van der Waals surface area contributed by atoms with Gasteiger partial charge in [-0.2, -0.15) is 0 Å². The molecule has 1 aliphatic carbocycles. The number of benzene rings is 1. The van der Waals surface area contributed by atoms with Gasteiger partial charge in [0.25, 0.3) is 0 Å². The maximum absolute atomic E-state index is 12.1. The van der Waals surface area contributed by atoms with Gasteiger partial charge in [-0.3, -0.25) is 0 Å². The Morgan fingerprint density at radius 1 is 1.17 bits per heavy atom. The summed E-state index contributed by atoms with van der Waals surface area (Å²) in [5.41, 5.74) is 0.611. The van der Waals surface area contributed by atoms with E-state index in [9.17, 15) is 4.79 Å². The molecule has 1 unspecified atom stereocenters. The van der Waals surface area contributed by atoms with Crippen LogP contribution in [0.5, 0.6) is 0 Å². The van der Waals surface area contributed by atoms with E-state index in [2.05, 4.69) is 39.9 Å². The molecule has 2 rings (SSSR count). The topological polar surface area (TPSA) is 35.5 Å². The zero-order valence-corrected chi connectivity index (χ0v) is 15.9. The predicted molar refractivity (Wildman–Crippen MR) is 95.9 cm³/mol. The predicted octanol–water partition coefficient (Wildman–Crippen LogP) is 5.30. The third kappa shape index (κ3) is 4.71. The Balaban J connectivity index is 1.90. The van der Waals surface area contributed by atoms with E-state index < -0.39 is 8.32 Å². The van der Waals surface area contributed by atoms with Gasteiger partial charge in [-0.25, -0.2) is 4.79 Å². The van der Waals surface area contributed by atoms with Crippen molar-refractivity contribution in [2.45, 2.75) is 64.3 Å². The van der Waals surface area contributed by atoms with Crippen LogP contribution in [0.25, 0.3) is 0 Å². The molecule has 0 aliphatic heterocycles. The minimum atomic E-state index is -1.78. The zero-order valence-electron chi connectivity index (χ0n) is 14.9. The van der Waals surface area contributed by atoms with Crippen LogP contribution in [-0.2, 0) is 9.16 Å². The fourth-order valence-electron chi connectivity index (χ4n) is 2.26. The molecule has 3 nitrogen and oxygen atoms in total. The van der Waals surface area contributed by atoms with Gasteiger partial charge in [0.1, 0.15) is 6.10 Å². The molecule has 0 spiro atoms. The van der Waals surface area contributed by atoms with Crippen LogP contribution in [0.4, 0.5) is 0 Å². The third-order valence-electron chi connectivity index (χ3n) is 4.80. The molecule has 0 radical (unpaired) electrons. The number of carbonyl (C=O) groups is 1. The van der Waals surface area contributed by atoms with E-state index in [0.717, 1.165) is 25.0 Å². The zero-order chi connectivity index (χ0) is 17.1. The van der Waals surface area contributed by atoms with E-state index in [1.807, 2.05) is 18.2 Å². The van der Waals surface area contributed by atoms with Crippen molar-refractivity contribution < 1.29 is 14.0 Å². The van der Waals surface area contributed by atoms with Gasteiger partial charge >= 0.3 is 5.97 Å². The quantitative estimate of drug-likeness (QED) is 0.554. The van der Waals surface area contributed by atoms with Crippen molar-refractivity contribution in [3.8, 4) is 0 Å². The number of hydrogen-bond donors (Lipinski definition) is 0. The van der Waals surface area contributed by atoms with E-state index in [1.165, 1.54) is 0 Å². The van der Waals surface area contributed by atoms with Crippen LogP contribution in [0.15, 0.2) is 42.2 Å². The van der Waals surface area contributed by atoms with E-state index in [4.69, 9.17) is 9.16 Å². The van der Waals surface area contributed by atoms with Crippen LogP contribution in [0, 0.1) is 0 Å². The van der Waals surface area contributed by atoms with Crippen LogP contribution in [0.1, 0.15) is 50.4 Å². The largest absolute Gasteiger partial charge is 0.547 e. The normalized spacial score (nSPS) is 19.0. The Kier molecular flexibility index (Phi) is 5.35. The molecule has 23 heavy (non-hydrogen) atoms. The molecule has 1 aliphatic rings. The van der Waals surface area contributed by atoms with Crippen molar-refractivity contribution in [3.63, 3.8) is 0 Å². The SMILES string of the molecule is CC(C)(C)[Si](C)(C)OC1=CCC(OC(=O)c2ccccc2)CC1. The van der Waals surface area contributed by atoms with Gasteiger partial charge in [0.15, 0.2) is 0 Å². The Labute approximate surface area is 140 Å². The minimum absolute atomic E-state index is 0.0468. The van der Waals surface area contributed by atoms with E-state index in [0.29, 0.717) is 5.56 Å². The Morgan fingerprint density at radius 3 is 2.35 bits per heavy atom. The standard InChI is InChI=1S/C19H28O3Si/c1-19(2,3)23(4,5)22-17-13-11-16(12-14-17)21-18(20)15-9-7-6-8-10-15/h6-10,13,16H,11-12,14H2,1-5H3. The monoisotopic (exact) mass is 332 g/mol. The molecule has 0 amide bonds. The van der Waals surface area contributed by atoms with E-state index >= 15 is 0 Å². The second-order valence-electron chi connectivity index (χ2n) is 7.70. The lowest BCUT2D eigenvalue weighted by Gasteiger charge is -2.38. The lowest BCUT2D eigenvalue weighted by molar-refractivity contribution is 0.0267. The summed E-state index contributed by atoms with van der Waals surface area (Å²) < 4.78 is 11.9. The number of hydrogen-bond acceptors (Lipinski definition) is 3. The van der Waals surface area contributed by atoms with Gasteiger partial charge in [-0.1, -0.05) is 39.0 Å². The Morgan fingerprint density at radius 2 is 1.83 bits per heavy atom. The highest BCUT2D eigenvalue weighted by Gasteiger charge is 2.39. The molecule has 1 aromatic rings. The summed E-state index contributed by atoms with van der Waals surface area (Å²) in [7, 11) is -1.78. The van der Waals surface area contributed by atoms with Crippen molar-refractivity contribution in [2.24, 2.45) is 0 Å². The summed E-state index contributed by atoms with van der Waals surface area (Å²) in [6.07, 6.45) is 4.47. The van der Waals surface area contributed by atoms with Crippen LogP contribution in [0.3, 0.4) is 0 Å². The molecule has 126 valence electrons. The van der Waals surface area contributed by atoms with E-state index in [1.54, 1.807) is 12.1 Å². The van der Waals surface area contributed by atoms with E-state index in [-0.39, 0.29) is 17.1 Å². The average Bonchev–Trinajstić information content (AvgIpc) is 2.48. The minimum Gasteiger partial charge on any atom is -0.547 e. The second kappa shape index (κ2) is 6.91. The first-order valence-corrected chi connectivity index (χ1v) is 11.2. The van der Waals surface area contributed by atoms with Crippen molar-refractivity contribution >= 4 is 14.3 Å². The fraction of sp³-hybridized carbons (Fsp3) is 0.526. The van der Waals surface area contributed by atoms with Crippen molar-refractivity contribution in [2.75, 3.05) is 0 Å². The molecule has 0 bridgehead atoms. The number of carbonyl (C=O) groups excluding carboxylic acids is 1. The number of allylic oxidation sites excluding steroid dienone is 1. The van der Waals surface area contributed by atoms with Gasteiger partial charge < -0.3 is 9.16 Å². The van der Waals surface area contributed by atoms with Gasteiger partial charge in [-0.15, -0.1) is 0 Å². The lowest BCUT2D eigenvalue weighted by atomic mass is 10.0. The first-order valence-electron chi connectivity index (χ1n) is 8.33. The first-order chi connectivity index (χ1) is 10.7. The summed E-state index contributed by atoms with van der Waals surface area (Å²) in [5, 5.41) is 0.199. The molecule has 1 atom stereocenters. The first kappa shape index (κ1) is 17.8. The summed E-state index contributed by atoms with van der Waals surface area (Å²) in [6, 6.07) is 9.16. The number of rotatable bonds is 4. The van der Waals surface area contributed by atoms with Crippen LogP contribution in [0.2, 0.25) is 18.1 Å². The molecule has 0 saturated carbocycles. The van der Waals surface area contributed by atoms with Crippen LogP contribution >= 0.6 is 0 Å². The summed E-state index contributed by atoms with van der Waals surface area (Å²) >= 11 is 0. The number of esters is 1. The van der Waals surface area contributed by atoms with Crippen molar-refractivity contribution in [3.05, 3.63) is 47.7 Å². The maximum atomic E-state index is 12.1. The van der Waals surface area contributed by atoms with Gasteiger partial charge in [-0.05, 0) is 42.8 Å². The van der Waals surface area contributed by atoms with Gasteiger partial charge in [0.2, 0.25) is 8.32 Å². The Bertz CT molecular complexity index is 570. The molecular formula is C19H28O3Si. The number of ether oxygens (including phenoxy) is 1. The lowest BCUT2D eigenvalue weighted by Crippen LogP contribution is -2.40. The molecule has 0 heterocycles. The highest BCUT2D eigenvalue weighted by Crippen LogP contribution is 2.39.